The number of nitrogens with one attached hydrogen (secondary N) is 2. The summed E-state index contributed by atoms with van der Waals surface area (Å²) in [5.74, 6) is 0.507. The van der Waals surface area contributed by atoms with Crippen molar-refractivity contribution in [2.45, 2.75) is 44.7 Å². The topological polar surface area (TPSA) is 63.2 Å². The van der Waals surface area contributed by atoms with Crippen LogP contribution < -0.4 is 10.6 Å². The van der Waals surface area contributed by atoms with Gasteiger partial charge in [0.05, 0.1) is 12.2 Å². The predicted molar refractivity (Wildman–Crippen MR) is 78.9 cm³/mol. The summed E-state index contributed by atoms with van der Waals surface area (Å²) in [5.41, 5.74) is 0.497. The highest BCUT2D eigenvalue weighted by molar-refractivity contribution is 5.89. The Bertz CT molecular complexity index is 425. The molecule has 20 heavy (non-hydrogen) atoms. The van der Waals surface area contributed by atoms with Crippen molar-refractivity contribution in [2.24, 2.45) is 0 Å². The highest BCUT2D eigenvalue weighted by Gasteiger charge is 2.20. The largest absolute Gasteiger partial charge is 0.462 e. The number of carbonyl (C=O) groups is 1. The first kappa shape index (κ1) is 14.8. The zero-order chi connectivity index (χ0) is 14.4. The van der Waals surface area contributed by atoms with Gasteiger partial charge in [-0.2, -0.15) is 0 Å². The predicted octanol–water partition coefficient (Wildman–Crippen LogP) is 2.20. The molecular formula is C15H23N3O2. The number of aromatic nitrogens is 1. The van der Waals surface area contributed by atoms with Crippen LogP contribution in [-0.2, 0) is 4.74 Å². The molecule has 0 unspecified atom stereocenters. The van der Waals surface area contributed by atoms with Gasteiger partial charge in [-0.3, -0.25) is 0 Å². The molecule has 0 aromatic carbocycles. The summed E-state index contributed by atoms with van der Waals surface area (Å²) in [6, 6.07) is 4.72. The number of pyridine rings is 1. The minimum absolute atomic E-state index is 0.318. The van der Waals surface area contributed by atoms with Crippen LogP contribution in [0.1, 0.15) is 43.0 Å². The SMILES string of the molecule is CCOC(=O)c1ccc(NC2CCC(NC)CC2)nc1. The molecule has 110 valence electrons. The number of esters is 1. The number of rotatable bonds is 5. The van der Waals surface area contributed by atoms with Crippen molar-refractivity contribution in [1.82, 2.24) is 10.3 Å². The molecule has 5 heteroatoms. The average Bonchev–Trinajstić information content (AvgIpc) is 2.49. The summed E-state index contributed by atoms with van der Waals surface area (Å²) in [6.07, 6.45) is 6.24. The van der Waals surface area contributed by atoms with E-state index in [1.54, 1.807) is 19.2 Å². The van der Waals surface area contributed by atoms with Crippen molar-refractivity contribution in [3.8, 4) is 0 Å². The van der Waals surface area contributed by atoms with E-state index in [0.29, 0.717) is 24.3 Å². The zero-order valence-corrected chi connectivity index (χ0v) is 12.2. The smallest absolute Gasteiger partial charge is 0.339 e. The minimum atomic E-state index is -0.318. The number of hydrogen-bond donors (Lipinski definition) is 2. The minimum Gasteiger partial charge on any atom is -0.462 e. The van der Waals surface area contributed by atoms with Gasteiger partial charge in [-0.05, 0) is 51.8 Å². The molecule has 1 aliphatic carbocycles. The Morgan fingerprint density at radius 1 is 1.30 bits per heavy atom. The molecule has 0 atom stereocenters. The fourth-order valence-electron chi connectivity index (χ4n) is 2.55. The first-order chi connectivity index (χ1) is 9.72. The van der Waals surface area contributed by atoms with E-state index < -0.39 is 0 Å². The zero-order valence-electron chi connectivity index (χ0n) is 12.2. The van der Waals surface area contributed by atoms with Crippen LogP contribution in [0.2, 0.25) is 0 Å². The molecule has 1 aromatic rings. The van der Waals surface area contributed by atoms with Crippen molar-refractivity contribution < 1.29 is 9.53 Å². The van der Waals surface area contributed by atoms with E-state index in [9.17, 15) is 4.79 Å². The van der Waals surface area contributed by atoms with Crippen LogP contribution in [0.3, 0.4) is 0 Å². The Hall–Kier alpha value is -1.62. The monoisotopic (exact) mass is 277 g/mol. The van der Waals surface area contributed by atoms with Gasteiger partial charge < -0.3 is 15.4 Å². The van der Waals surface area contributed by atoms with Gasteiger partial charge in [-0.25, -0.2) is 9.78 Å². The number of hydrogen-bond acceptors (Lipinski definition) is 5. The Labute approximate surface area is 120 Å². The van der Waals surface area contributed by atoms with Gasteiger partial charge in [-0.1, -0.05) is 0 Å². The van der Waals surface area contributed by atoms with Gasteiger partial charge in [0, 0.05) is 18.3 Å². The molecule has 0 bridgehead atoms. The fourth-order valence-corrected chi connectivity index (χ4v) is 2.55. The summed E-state index contributed by atoms with van der Waals surface area (Å²) in [5, 5.41) is 6.76. The Balaban J connectivity index is 1.86. The molecule has 0 saturated heterocycles. The number of ether oxygens (including phenoxy) is 1. The van der Waals surface area contributed by atoms with Crippen LogP contribution in [0.5, 0.6) is 0 Å². The standard InChI is InChI=1S/C15H23N3O2/c1-3-20-15(19)11-4-9-14(17-10-11)18-13-7-5-12(16-2)6-8-13/h4,9-10,12-13,16H,3,5-8H2,1-2H3,(H,17,18). The first-order valence-electron chi connectivity index (χ1n) is 7.30. The molecule has 1 aliphatic rings. The Kier molecular flexibility index (Phi) is 5.35. The van der Waals surface area contributed by atoms with Gasteiger partial charge in [0.25, 0.3) is 0 Å². The van der Waals surface area contributed by atoms with Gasteiger partial charge in [0.15, 0.2) is 0 Å². The lowest BCUT2D eigenvalue weighted by Gasteiger charge is -2.29. The van der Waals surface area contributed by atoms with Crippen molar-refractivity contribution in [1.29, 1.82) is 0 Å². The molecule has 1 aromatic heterocycles. The summed E-state index contributed by atoms with van der Waals surface area (Å²) < 4.78 is 4.94. The Morgan fingerprint density at radius 2 is 2.00 bits per heavy atom. The maximum absolute atomic E-state index is 11.5. The molecular weight excluding hydrogens is 254 g/mol. The van der Waals surface area contributed by atoms with Crippen LogP contribution in [-0.4, -0.2) is 36.7 Å². The first-order valence-corrected chi connectivity index (χ1v) is 7.30. The van der Waals surface area contributed by atoms with E-state index in [1.165, 1.54) is 12.8 Å². The summed E-state index contributed by atoms with van der Waals surface area (Å²) in [7, 11) is 2.02. The molecule has 1 saturated carbocycles. The lowest BCUT2D eigenvalue weighted by Crippen LogP contribution is -2.35. The quantitative estimate of drug-likeness (QED) is 0.808. The van der Waals surface area contributed by atoms with E-state index in [2.05, 4.69) is 15.6 Å². The lowest BCUT2D eigenvalue weighted by atomic mass is 9.91. The number of carbonyl (C=O) groups excluding carboxylic acids is 1. The third kappa shape index (κ3) is 3.93. The lowest BCUT2D eigenvalue weighted by molar-refractivity contribution is 0.0526. The second kappa shape index (κ2) is 7.24. The van der Waals surface area contributed by atoms with Crippen molar-refractivity contribution in [2.75, 3.05) is 19.0 Å². The molecule has 2 N–H and O–H groups in total. The van der Waals surface area contributed by atoms with Crippen LogP contribution in [0.15, 0.2) is 18.3 Å². The maximum atomic E-state index is 11.5. The van der Waals surface area contributed by atoms with Gasteiger partial charge in [0.1, 0.15) is 5.82 Å². The van der Waals surface area contributed by atoms with Crippen LogP contribution >= 0.6 is 0 Å². The molecule has 1 heterocycles. The third-order valence-corrected chi connectivity index (χ3v) is 3.76. The number of nitrogens with zero attached hydrogens (tertiary/aromatic N) is 1. The number of anilines is 1. The molecule has 0 radical (unpaired) electrons. The van der Waals surface area contributed by atoms with E-state index >= 15 is 0 Å². The summed E-state index contributed by atoms with van der Waals surface area (Å²) in [6.45, 7) is 2.18. The molecule has 0 aliphatic heterocycles. The van der Waals surface area contributed by atoms with Crippen molar-refractivity contribution in [3.05, 3.63) is 23.9 Å². The van der Waals surface area contributed by atoms with Crippen molar-refractivity contribution >= 4 is 11.8 Å². The van der Waals surface area contributed by atoms with Gasteiger partial charge >= 0.3 is 5.97 Å². The molecule has 2 rings (SSSR count). The third-order valence-electron chi connectivity index (χ3n) is 3.76. The highest BCUT2D eigenvalue weighted by atomic mass is 16.5. The van der Waals surface area contributed by atoms with Crippen LogP contribution in [0.4, 0.5) is 5.82 Å². The van der Waals surface area contributed by atoms with E-state index in [4.69, 9.17) is 4.74 Å². The summed E-state index contributed by atoms with van der Waals surface area (Å²) in [4.78, 5) is 15.8. The molecule has 5 nitrogen and oxygen atoms in total. The molecule has 0 spiro atoms. The normalized spacial score (nSPS) is 22.3. The average molecular weight is 277 g/mol. The van der Waals surface area contributed by atoms with E-state index in [-0.39, 0.29) is 5.97 Å². The highest BCUT2D eigenvalue weighted by Crippen LogP contribution is 2.21. The van der Waals surface area contributed by atoms with E-state index in [0.717, 1.165) is 18.7 Å². The van der Waals surface area contributed by atoms with E-state index in [1.807, 2.05) is 13.1 Å². The summed E-state index contributed by atoms with van der Waals surface area (Å²) >= 11 is 0. The maximum Gasteiger partial charge on any atom is 0.339 e. The molecule has 0 amide bonds. The van der Waals surface area contributed by atoms with Crippen LogP contribution in [0.25, 0.3) is 0 Å². The second-order valence-electron chi connectivity index (χ2n) is 5.13. The second-order valence-corrected chi connectivity index (χ2v) is 5.13. The van der Waals surface area contributed by atoms with Crippen LogP contribution in [0, 0.1) is 0 Å². The van der Waals surface area contributed by atoms with Gasteiger partial charge in [0.2, 0.25) is 0 Å². The van der Waals surface area contributed by atoms with Crippen molar-refractivity contribution in [3.63, 3.8) is 0 Å². The Morgan fingerprint density at radius 3 is 2.55 bits per heavy atom. The molecule has 1 fully saturated rings. The fraction of sp³-hybridized carbons (Fsp3) is 0.600. The van der Waals surface area contributed by atoms with Gasteiger partial charge in [-0.15, -0.1) is 0 Å².